The van der Waals surface area contributed by atoms with Gasteiger partial charge in [-0.25, -0.2) is 14.4 Å². The summed E-state index contributed by atoms with van der Waals surface area (Å²) < 4.78 is 47.9. The number of carbonyl (C=O) groups is 5. The second-order valence-corrected chi connectivity index (χ2v) is 23.2. The van der Waals surface area contributed by atoms with Gasteiger partial charge in [-0.3, -0.25) is 19.4 Å². The molecule has 2 spiro atoms. The molecule has 0 unspecified atom stereocenters. The van der Waals surface area contributed by atoms with Crippen molar-refractivity contribution in [1.82, 2.24) is 29.4 Å². The van der Waals surface area contributed by atoms with Gasteiger partial charge >= 0.3 is 30.2 Å². The summed E-state index contributed by atoms with van der Waals surface area (Å²) in [6, 6.07) is 37.0. The minimum Gasteiger partial charge on any atom is -0.497 e. The molecular weight excluding hydrogens is 1030 g/mol. The lowest BCUT2D eigenvalue weighted by Crippen LogP contribution is -2.56. The fourth-order valence-electron chi connectivity index (χ4n) is 12.1. The third kappa shape index (κ3) is 14.8. The first-order chi connectivity index (χ1) is 37.8. The number of aliphatic carboxylic acids is 1. The lowest BCUT2D eigenvalue weighted by Gasteiger charge is -2.51. The van der Waals surface area contributed by atoms with E-state index in [0.717, 1.165) is 86.8 Å². The zero-order valence-electron chi connectivity index (χ0n) is 48.4. The van der Waals surface area contributed by atoms with Crippen molar-refractivity contribution in [2.24, 2.45) is 0 Å². The summed E-state index contributed by atoms with van der Waals surface area (Å²) in [4.78, 5) is 74.5. The molecule has 1 N–H and O–H groups in total. The van der Waals surface area contributed by atoms with Crippen LogP contribution in [-0.4, -0.2) is 156 Å². The predicted octanol–water partition coefficient (Wildman–Crippen LogP) is 11.1. The maximum absolute atomic E-state index is 13.8. The lowest BCUT2D eigenvalue weighted by molar-refractivity contribution is -0.192. The van der Waals surface area contributed by atoms with Crippen LogP contribution in [-0.2, 0) is 43.3 Å². The highest BCUT2D eigenvalue weighted by atomic mass is 19.4. The molecular formula is C62H83F3N6O9. The quantitative estimate of drug-likeness (QED) is 0.101. The van der Waals surface area contributed by atoms with Gasteiger partial charge in [0.1, 0.15) is 23.6 Å². The summed E-state index contributed by atoms with van der Waals surface area (Å²) in [5.41, 5.74) is 3.26. The smallest absolute Gasteiger partial charge is 0.490 e. The van der Waals surface area contributed by atoms with Gasteiger partial charge in [0.15, 0.2) is 5.78 Å². The molecule has 2 saturated carbocycles. The molecule has 2 heterocycles. The fourth-order valence-corrected chi connectivity index (χ4v) is 12.1. The maximum atomic E-state index is 13.8. The van der Waals surface area contributed by atoms with E-state index in [0.29, 0.717) is 32.6 Å². The first kappa shape index (κ1) is 62.5. The molecule has 0 radical (unpaired) electrons. The Balaban J connectivity index is 0.000000231. The molecule has 2 saturated heterocycles. The van der Waals surface area contributed by atoms with Gasteiger partial charge in [0, 0.05) is 43.7 Å². The number of Topliss-reactive ketones (excluding diaryl/α,β-unsaturated/α-hetero) is 1. The number of hydrogen-bond donors (Lipinski definition) is 1. The van der Waals surface area contributed by atoms with Crippen LogP contribution in [0.5, 0.6) is 11.5 Å². The van der Waals surface area contributed by atoms with Crippen molar-refractivity contribution >= 4 is 29.8 Å². The van der Waals surface area contributed by atoms with Gasteiger partial charge in [0.2, 0.25) is 0 Å². The highest BCUT2D eigenvalue weighted by Crippen LogP contribution is 2.51. The second kappa shape index (κ2) is 26.3. The Morgan fingerprint density at radius 3 is 1.26 bits per heavy atom. The summed E-state index contributed by atoms with van der Waals surface area (Å²) in [5, 5.41) is 7.12. The topological polar surface area (TPSA) is 153 Å². The number of benzene rings is 4. The summed E-state index contributed by atoms with van der Waals surface area (Å²) in [6.45, 7) is 10.1. The highest BCUT2D eigenvalue weighted by Gasteiger charge is 2.56. The van der Waals surface area contributed by atoms with E-state index in [1.807, 2.05) is 90.1 Å². The number of amides is 4. The fraction of sp³-hybridized carbons (Fsp3) is 0.532. The van der Waals surface area contributed by atoms with Crippen LogP contribution in [0.2, 0.25) is 0 Å². The van der Waals surface area contributed by atoms with Gasteiger partial charge in [-0.05, 0) is 153 Å². The van der Waals surface area contributed by atoms with Crippen molar-refractivity contribution in [1.29, 1.82) is 0 Å². The Morgan fingerprint density at radius 2 is 0.950 bits per heavy atom. The molecule has 0 bridgehead atoms. The van der Waals surface area contributed by atoms with Crippen LogP contribution in [0.3, 0.4) is 0 Å². The van der Waals surface area contributed by atoms with Crippen molar-refractivity contribution in [3.05, 3.63) is 131 Å². The van der Waals surface area contributed by atoms with E-state index in [9.17, 15) is 32.3 Å². The second-order valence-electron chi connectivity index (χ2n) is 23.2. The third-order valence-electron chi connectivity index (χ3n) is 16.6. The maximum Gasteiger partial charge on any atom is 0.490 e. The van der Waals surface area contributed by atoms with Gasteiger partial charge in [0.25, 0.3) is 0 Å². The van der Waals surface area contributed by atoms with Crippen molar-refractivity contribution in [2.75, 3.05) is 68.6 Å². The number of carboxylic acids is 1. The summed E-state index contributed by atoms with van der Waals surface area (Å²) >= 11 is 0. The van der Waals surface area contributed by atoms with Crippen LogP contribution in [0.1, 0.15) is 121 Å². The number of ketones is 1. The van der Waals surface area contributed by atoms with Gasteiger partial charge in [-0.1, -0.05) is 98.3 Å². The molecule has 8 rings (SSSR count). The average Bonchev–Trinajstić information content (AvgIpc) is 4.06. The van der Waals surface area contributed by atoms with Crippen molar-refractivity contribution < 1.29 is 56.5 Å². The largest absolute Gasteiger partial charge is 0.497 e. The molecule has 2 aliphatic heterocycles. The zero-order chi connectivity index (χ0) is 58.7. The third-order valence-corrected chi connectivity index (χ3v) is 16.6. The zero-order valence-corrected chi connectivity index (χ0v) is 48.4. The van der Waals surface area contributed by atoms with E-state index in [2.05, 4.69) is 99.5 Å². The summed E-state index contributed by atoms with van der Waals surface area (Å²) in [7, 11) is 11.9. The van der Waals surface area contributed by atoms with Crippen LogP contribution in [0.15, 0.2) is 109 Å². The number of nitrogens with zero attached hydrogens (tertiary/aromatic N) is 6. The van der Waals surface area contributed by atoms with Crippen LogP contribution in [0.25, 0.3) is 0 Å². The molecule has 2 aliphatic carbocycles. The average molecular weight is 1110 g/mol. The molecule has 4 aromatic carbocycles. The Bertz CT molecular complexity index is 2680. The number of carboxylic acid groups (broad SMARTS) is 1. The number of carbonyl (C=O) groups excluding carboxylic acids is 4. The van der Waals surface area contributed by atoms with Crippen LogP contribution >= 0.6 is 0 Å². The first-order valence-electron chi connectivity index (χ1n) is 27.6. The number of methoxy groups -OCH3 is 2. The molecule has 4 aliphatic rings. The number of hydrogen-bond acceptors (Lipinski definition) is 10. The van der Waals surface area contributed by atoms with Gasteiger partial charge in [0.05, 0.1) is 31.8 Å². The van der Waals surface area contributed by atoms with Crippen molar-refractivity contribution in [3.8, 4) is 11.5 Å². The molecule has 0 aromatic heterocycles. The van der Waals surface area contributed by atoms with E-state index >= 15 is 0 Å². The van der Waals surface area contributed by atoms with Crippen molar-refractivity contribution in [2.45, 2.75) is 145 Å². The Morgan fingerprint density at radius 1 is 0.588 bits per heavy atom. The standard InChI is InChI=1S/C30H41N3O4.C30H41N3O3.C2HF3O2/c1-28(2,3)37-26(34)21-33-27(35)32(20-23-12-14-25(36-6)15-13-23)22-29(33)16-18-30(19-17-29,31(4)5)24-10-8-7-9-11-24;1-5-6-12-26(34)22-33-28(35)32(21-24-13-15-27(36-4)16-14-24)23-29(33)17-19-30(20-18-29,31(2)3)25-10-8-7-9-11-25;3-2(4,5)1(6)7/h7-15H,16-22H2,1-6H3;7-11,13-16H,5-6,12,17-23H2,1-4H3;(H,6,7). The van der Waals surface area contributed by atoms with E-state index in [4.69, 9.17) is 24.1 Å². The number of urea groups is 2. The van der Waals surface area contributed by atoms with Gasteiger partial charge in [-0.15, -0.1) is 0 Å². The monoisotopic (exact) mass is 1110 g/mol. The normalized spacial score (nSPS) is 23.0. The predicted molar refractivity (Wildman–Crippen MR) is 301 cm³/mol. The Labute approximate surface area is 470 Å². The molecule has 80 heavy (non-hydrogen) atoms. The number of ether oxygens (including phenoxy) is 3. The number of alkyl halides is 3. The number of unbranched alkanes of at least 4 members (excludes halogenated alkanes) is 1. The number of esters is 1. The van der Waals surface area contributed by atoms with Gasteiger partial charge < -0.3 is 38.9 Å². The van der Waals surface area contributed by atoms with Crippen molar-refractivity contribution in [3.63, 3.8) is 0 Å². The van der Waals surface area contributed by atoms with Crippen LogP contribution in [0, 0.1) is 0 Å². The molecule has 18 heteroatoms. The SMILES string of the molecule is CCCCC(=O)CN1C(=O)N(Cc2ccc(OC)cc2)CC12CCC(c1ccccc1)(N(C)C)CC2.COc1ccc(CN2CC3(CCC(c4ccccc4)(N(C)C)CC3)N(CC(=O)OC(C)(C)C)C2=O)cc1.O=C(O)C(F)(F)F. The first-order valence-corrected chi connectivity index (χ1v) is 27.6. The van der Waals surface area contributed by atoms with Gasteiger partial charge in [-0.2, -0.15) is 13.2 Å². The number of rotatable bonds is 17. The Hall–Kier alpha value is -6.66. The minimum atomic E-state index is -5.08. The molecule has 0 atom stereocenters. The molecule has 15 nitrogen and oxygen atoms in total. The molecule has 436 valence electrons. The van der Waals surface area contributed by atoms with Crippen LogP contribution in [0.4, 0.5) is 22.8 Å². The minimum absolute atomic E-state index is 0.00673. The number of halogens is 3. The van der Waals surface area contributed by atoms with E-state index in [1.54, 1.807) is 19.1 Å². The molecule has 4 aromatic rings. The highest BCUT2D eigenvalue weighted by molar-refractivity contribution is 5.87. The molecule has 4 fully saturated rings. The van der Waals surface area contributed by atoms with E-state index in [-0.39, 0.29) is 53.5 Å². The van der Waals surface area contributed by atoms with Crippen LogP contribution < -0.4 is 9.47 Å². The molecule has 4 amide bonds. The summed E-state index contributed by atoms with van der Waals surface area (Å²) in [6.07, 6.45) is 4.41. The summed E-state index contributed by atoms with van der Waals surface area (Å²) in [5.74, 6) is -1.36. The van der Waals surface area contributed by atoms with E-state index in [1.165, 1.54) is 11.1 Å². The lowest BCUT2D eigenvalue weighted by atomic mass is 9.68. The van der Waals surface area contributed by atoms with E-state index < -0.39 is 23.3 Å². The Kier molecular flexibility index (Phi) is 20.6.